The number of hydrogen-bond donors (Lipinski definition) is 2. The molecule has 0 amide bonds. The van der Waals surface area contributed by atoms with E-state index in [1.807, 2.05) is 0 Å². The molecule has 0 spiro atoms. The Morgan fingerprint density at radius 3 is 2.71 bits per heavy atom. The molecule has 0 radical (unpaired) electrons. The van der Waals surface area contributed by atoms with Crippen molar-refractivity contribution in [2.45, 2.75) is 0 Å². The van der Waals surface area contributed by atoms with Gasteiger partial charge >= 0.3 is 0 Å². The van der Waals surface area contributed by atoms with Gasteiger partial charge in [0.25, 0.3) is 5.69 Å². The van der Waals surface area contributed by atoms with E-state index in [-0.39, 0.29) is 22.7 Å². The van der Waals surface area contributed by atoms with Crippen molar-refractivity contribution < 1.29 is 14.8 Å². The van der Waals surface area contributed by atoms with E-state index in [4.69, 9.17) is 10.1 Å². The minimum Gasteiger partial charge on any atom is -0.504 e. The van der Waals surface area contributed by atoms with E-state index in [1.165, 1.54) is 7.11 Å². The van der Waals surface area contributed by atoms with Gasteiger partial charge < -0.3 is 15.3 Å². The average molecular weight is 196 g/mol. The van der Waals surface area contributed by atoms with E-state index in [2.05, 4.69) is 0 Å². The van der Waals surface area contributed by atoms with Crippen molar-refractivity contribution in [1.29, 1.82) is 5.41 Å². The van der Waals surface area contributed by atoms with Crippen molar-refractivity contribution in [1.82, 2.24) is 0 Å². The predicted molar refractivity (Wildman–Crippen MR) is 49.2 cm³/mol. The monoisotopic (exact) mass is 196 g/mol. The molecule has 0 bridgehead atoms. The lowest BCUT2D eigenvalue weighted by molar-refractivity contribution is -0.385. The lowest BCUT2D eigenvalue weighted by Gasteiger charge is -2.04. The quantitative estimate of drug-likeness (QED) is 0.432. The van der Waals surface area contributed by atoms with E-state index >= 15 is 0 Å². The number of rotatable bonds is 3. The average Bonchev–Trinajstić information content (AvgIpc) is 2.17. The smallest absolute Gasteiger partial charge is 0.274 e. The number of nitro benzene ring substituents is 1. The molecule has 14 heavy (non-hydrogen) atoms. The molecule has 2 N–H and O–H groups in total. The van der Waals surface area contributed by atoms with Crippen molar-refractivity contribution >= 4 is 11.9 Å². The Morgan fingerprint density at radius 2 is 2.29 bits per heavy atom. The molecule has 0 aliphatic carbocycles. The minimum atomic E-state index is -0.616. The zero-order chi connectivity index (χ0) is 10.7. The van der Waals surface area contributed by atoms with Gasteiger partial charge in [0, 0.05) is 17.8 Å². The fraction of sp³-hybridized carbons (Fsp3) is 0.125. The van der Waals surface area contributed by atoms with Crippen LogP contribution in [-0.2, 0) is 0 Å². The van der Waals surface area contributed by atoms with Crippen LogP contribution in [0.1, 0.15) is 5.56 Å². The van der Waals surface area contributed by atoms with Crippen molar-refractivity contribution in [3.8, 4) is 11.5 Å². The number of nitrogens with one attached hydrogen (secondary N) is 1. The van der Waals surface area contributed by atoms with E-state index in [9.17, 15) is 15.2 Å². The number of aromatic hydroxyl groups is 1. The van der Waals surface area contributed by atoms with Gasteiger partial charge in [0.15, 0.2) is 11.5 Å². The maximum atomic E-state index is 10.4. The van der Waals surface area contributed by atoms with Crippen molar-refractivity contribution in [2.75, 3.05) is 7.11 Å². The Bertz CT molecular complexity index is 389. The molecule has 1 aromatic carbocycles. The number of nitrogens with zero attached hydrogens (tertiary/aromatic N) is 1. The van der Waals surface area contributed by atoms with Crippen molar-refractivity contribution in [3.05, 3.63) is 27.8 Å². The second-order valence-electron chi connectivity index (χ2n) is 2.49. The van der Waals surface area contributed by atoms with Crippen LogP contribution in [0.2, 0.25) is 0 Å². The Balaban J connectivity index is 3.39. The number of ether oxygens (including phenoxy) is 1. The number of hydrogen-bond acceptors (Lipinski definition) is 5. The zero-order valence-corrected chi connectivity index (χ0v) is 7.35. The highest BCUT2D eigenvalue weighted by atomic mass is 16.6. The number of nitro groups is 1. The normalized spacial score (nSPS) is 9.50. The molecule has 1 rings (SSSR count). The summed E-state index contributed by atoms with van der Waals surface area (Å²) in [6.45, 7) is 0. The Morgan fingerprint density at radius 1 is 1.64 bits per heavy atom. The topological polar surface area (TPSA) is 96.5 Å². The molecule has 6 heteroatoms. The van der Waals surface area contributed by atoms with E-state index in [1.54, 1.807) is 0 Å². The number of phenols is 1. The fourth-order valence-electron chi connectivity index (χ4n) is 0.985. The largest absolute Gasteiger partial charge is 0.504 e. The molecule has 0 atom stereocenters. The van der Waals surface area contributed by atoms with Crippen LogP contribution in [0.3, 0.4) is 0 Å². The molecule has 0 aliphatic heterocycles. The molecule has 0 heterocycles. The van der Waals surface area contributed by atoms with Gasteiger partial charge in [-0.15, -0.1) is 0 Å². The van der Waals surface area contributed by atoms with Gasteiger partial charge in [-0.3, -0.25) is 10.1 Å². The van der Waals surface area contributed by atoms with Crippen LogP contribution in [0.4, 0.5) is 5.69 Å². The van der Waals surface area contributed by atoms with Gasteiger partial charge in [0.1, 0.15) is 0 Å². The maximum absolute atomic E-state index is 10.4. The third-order valence-electron chi connectivity index (χ3n) is 1.68. The van der Waals surface area contributed by atoms with Crippen LogP contribution < -0.4 is 4.74 Å². The highest BCUT2D eigenvalue weighted by Gasteiger charge is 2.15. The van der Waals surface area contributed by atoms with Crippen LogP contribution in [0, 0.1) is 15.5 Å². The van der Waals surface area contributed by atoms with Gasteiger partial charge in [-0.25, -0.2) is 0 Å². The molecule has 0 fully saturated rings. The fourth-order valence-corrected chi connectivity index (χ4v) is 0.985. The summed E-state index contributed by atoms with van der Waals surface area (Å²) in [6, 6.07) is 2.20. The molecule has 1 aromatic rings. The summed E-state index contributed by atoms with van der Waals surface area (Å²) in [7, 11) is 1.28. The van der Waals surface area contributed by atoms with Gasteiger partial charge in [0.2, 0.25) is 0 Å². The van der Waals surface area contributed by atoms with Crippen LogP contribution in [0.15, 0.2) is 12.1 Å². The second kappa shape index (κ2) is 3.73. The van der Waals surface area contributed by atoms with Gasteiger partial charge in [-0.2, -0.15) is 0 Å². The summed E-state index contributed by atoms with van der Waals surface area (Å²) in [6.07, 6.45) is 0.824. The first-order valence-electron chi connectivity index (χ1n) is 3.66. The first-order valence-corrected chi connectivity index (χ1v) is 3.66. The molecular formula is C8H8N2O4. The molecule has 0 unspecified atom stereocenters. The lowest BCUT2D eigenvalue weighted by atomic mass is 10.2. The Hall–Kier alpha value is -2.11. The first kappa shape index (κ1) is 9.97. The van der Waals surface area contributed by atoms with Gasteiger partial charge in [-0.05, 0) is 0 Å². The van der Waals surface area contributed by atoms with Crippen molar-refractivity contribution in [2.24, 2.45) is 0 Å². The van der Waals surface area contributed by atoms with Gasteiger partial charge in [-0.1, -0.05) is 0 Å². The Kier molecular flexibility index (Phi) is 2.66. The number of non-ortho nitro benzene ring substituents is 1. The van der Waals surface area contributed by atoms with E-state index < -0.39 is 4.92 Å². The molecular weight excluding hydrogens is 188 g/mol. The summed E-state index contributed by atoms with van der Waals surface area (Å²) >= 11 is 0. The van der Waals surface area contributed by atoms with Gasteiger partial charge in [0.05, 0.1) is 18.1 Å². The minimum absolute atomic E-state index is 0.0160. The molecule has 74 valence electrons. The Labute approximate surface area is 79.4 Å². The predicted octanol–water partition coefficient (Wildman–Crippen LogP) is 1.31. The SMILES string of the molecule is COc1cc([N+](=O)[O-])cc(C=N)c1O. The molecule has 6 nitrogen and oxygen atoms in total. The molecule has 0 aliphatic rings. The van der Waals surface area contributed by atoms with E-state index in [0.29, 0.717) is 0 Å². The summed E-state index contributed by atoms with van der Waals surface area (Å²) in [5, 5.41) is 26.8. The van der Waals surface area contributed by atoms with Crippen LogP contribution in [-0.4, -0.2) is 23.4 Å². The number of benzene rings is 1. The number of phenolic OH excluding ortho intramolecular Hbond substituents is 1. The molecule has 0 saturated carbocycles. The highest BCUT2D eigenvalue weighted by Crippen LogP contribution is 2.33. The third kappa shape index (κ3) is 1.63. The van der Waals surface area contributed by atoms with Crippen LogP contribution in [0.25, 0.3) is 0 Å². The second-order valence-corrected chi connectivity index (χ2v) is 2.49. The highest BCUT2D eigenvalue weighted by molar-refractivity contribution is 5.84. The first-order chi connectivity index (χ1) is 6.60. The zero-order valence-electron chi connectivity index (χ0n) is 7.35. The lowest BCUT2D eigenvalue weighted by Crippen LogP contribution is -1.94. The summed E-state index contributed by atoms with van der Waals surface area (Å²) < 4.78 is 4.72. The standard InChI is InChI=1S/C8H8N2O4/c1-14-7-3-6(10(12)13)2-5(4-9)8(7)11/h2-4,9,11H,1H3. The summed E-state index contributed by atoms with van der Waals surface area (Å²) in [4.78, 5) is 9.83. The molecule has 0 aromatic heterocycles. The van der Waals surface area contributed by atoms with E-state index in [0.717, 1.165) is 18.3 Å². The molecule has 0 saturated heterocycles. The third-order valence-corrected chi connectivity index (χ3v) is 1.68. The van der Waals surface area contributed by atoms with Crippen molar-refractivity contribution in [3.63, 3.8) is 0 Å². The summed E-state index contributed by atoms with van der Waals surface area (Å²) in [5.74, 6) is -0.286. The van der Waals surface area contributed by atoms with Crippen LogP contribution in [0.5, 0.6) is 11.5 Å². The maximum Gasteiger partial charge on any atom is 0.274 e. The van der Waals surface area contributed by atoms with Crippen LogP contribution >= 0.6 is 0 Å². The summed E-state index contributed by atoms with van der Waals surface area (Å²) in [5.41, 5.74) is -0.172. The number of methoxy groups -OCH3 is 1.